The fraction of sp³-hybridized carbons (Fsp3) is 0.500. The lowest BCUT2D eigenvalue weighted by Crippen LogP contribution is -2.35. The number of anilines is 1. The van der Waals surface area contributed by atoms with Gasteiger partial charge in [-0.1, -0.05) is 12.8 Å². The number of benzene rings is 1. The minimum Gasteiger partial charge on any atom is -0.479 e. The van der Waals surface area contributed by atoms with Crippen molar-refractivity contribution in [3.8, 4) is 5.75 Å². The molecule has 2 N–H and O–H groups in total. The van der Waals surface area contributed by atoms with E-state index in [1.807, 2.05) is 0 Å². The van der Waals surface area contributed by atoms with Crippen LogP contribution in [-0.4, -0.2) is 26.5 Å². The number of hydrogen-bond donors (Lipinski definition) is 2. The van der Waals surface area contributed by atoms with Crippen LogP contribution in [0.4, 0.5) is 5.69 Å². The Kier molecular flexibility index (Phi) is 3.62. The number of ether oxygens (including phenoxy) is 1. The molecule has 0 aromatic heterocycles. The molecule has 1 heterocycles. The Balaban J connectivity index is 1.86. The Morgan fingerprint density at radius 3 is 2.71 bits per heavy atom. The average molecular weight is 310 g/mol. The Morgan fingerprint density at radius 2 is 2.00 bits per heavy atom. The van der Waals surface area contributed by atoms with Crippen molar-refractivity contribution in [3.63, 3.8) is 0 Å². The normalized spacial score (nSPS) is 22.5. The molecule has 3 rings (SSSR count). The van der Waals surface area contributed by atoms with E-state index in [4.69, 9.17) is 4.74 Å². The monoisotopic (exact) mass is 310 g/mol. The zero-order chi connectivity index (χ0) is 15.0. The number of sulfonamides is 1. The third kappa shape index (κ3) is 2.89. The molecule has 2 aliphatic rings. The van der Waals surface area contributed by atoms with Gasteiger partial charge in [0.2, 0.25) is 10.0 Å². The van der Waals surface area contributed by atoms with Crippen molar-refractivity contribution in [2.24, 2.45) is 0 Å². The Hall–Kier alpha value is -1.60. The second kappa shape index (κ2) is 5.31. The van der Waals surface area contributed by atoms with Gasteiger partial charge < -0.3 is 10.1 Å². The zero-order valence-electron chi connectivity index (χ0n) is 11.8. The molecule has 6 nitrogen and oxygen atoms in total. The molecule has 0 radical (unpaired) electrons. The second-order valence-corrected chi connectivity index (χ2v) is 7.22. The van der Waals surface area contributed by atoms with Crippen LogP contribution in [0, 0.1) is 0 Å². The summed E-state index contributed by atoms with van der Waals surface area (Å²) in [5.74, 6) is 0.151. The number of carbonyl (C=O) groups excluding carboxylic acids is 1. The van der Waals surface area contributed by atoms with Crippen LogP contribution >= 0.6 is 0 Å². The van der Waals surface area contributed by atoms with Gasteiger partial charge in [0.05, 0.1) is 10.6 Å². The number of nitrogens with one attached hydrogen (secondary N) is 2. The molecule has 114 valence electrons. The van der Waals surface area contributed by atoms with Crippen LogP contribution < -0.4 is 14.8 Å². The van der Waals surface area contributed by atoms with Gasteiger partial charge >= 0.3 is 0 Å². The van der Waals surface area contributed by atoms with E-state index in [0.29, 0.717) is 11.4 Å². The van der Waals surface area contributed by atoms with Gasteiger partial charge in [0.1, 0.15) is 5.75 Å². The van der Waals surface area contributed by atoms with Crippen LogP contribution in [0.1, 0.15) is 32.6 Å². The number of amides is 1. The first-order valence-electron chi connectivity index (χ1n) is 7.09. The third-order valence-electron chi connectivity index (χ3n) is 3.87. The highest BCUT2D eigenvalue weighted by Gasteiger charge is 2.27. The standard InChI is InChI=1S/C14H18N2O4S/c1-9-14(17)15-12-7-6-11(8-13(12)20-9)21(18,19)16-10-4-2-3-5-10/h6-10,16H,2-5H2,1H3,(H,15,17)/t9-/m1/s1. The van der Waals surface area contributed by atoms with Gasteiger partial charge in [0, 0.05) is 12.1 Å². The first-order valence-corrected chi connectivity index (χ1v) is 8.58. The van der Waals surface area contributed by atoms with Gasteiger partial charge in [-0.25, -0.2) is 13.1 Å². The molecule has 0 spiro atoms. The molecular weight excluding hydrogens is 292 g/mol. The SMILES string of the molecule is C[C@H]1Oc2cc(S(=O)(=O)NC3CCCC3)ccc2NC1=O. The van der Waals surface area contributed by atoms with Gasteiger partial charge in [-0.05, 0) is 31.9 Å². The molecule has 1 fully saturated rings. The lowest BCUT2D eigenvalue weighted by molar-refractivity contribution is -0.122. The lowest BCUT2D eigenvalue weighted by atomic mass is 10.2. The maximum atomic E-state index is 12.4. The molecule has 1 aromatic rings. The molecule has 1 atom stereocenters. The van der Waals surface area contributed by atoms with Gasteiger partial charge in [0.25, 0.3) is 5.91 Å². The maximum absolute atomic E-state index is 12.4. The summed E-state index contributed by atoms with van der Waals surface area (Å²) in [7, 11) is -3.55. The molecular formula is C14H18N2O4S. The van der Waals surface area contributed by atoms with Crippen molar-refractivity contribution in [3.05, 3.63) is 18.2 Å². The molecule has 21 heavy (non-hydrogen) atoms. The van der Waals surface area contributed by atoms with E-state index >= 15 is 0 Å². The largest absolute Gasteiger partial charge is 0.479 e. The topological polar surface area (TPSA) is 84.5 Å². The second-order valence-electron chi connectivity index (χ2n) is 5.51. The average Bonchev–Trinajstić information content (AvgIpc) is 2.91. The highest BCUT2D eigenvalue weighted by atomic mass is 32.2. The summed E-state index contributed by atoms with van der Waals surface area (Å²) >= 11 is 0. The van der Waals surface area contributed by atoms with Crippen molar-refractivity contribution < 1.29 is 17.9 Å². The van der Waals surface area contributed by atoms with Crippen LogP contribution in [0.15, 0.2) is 23.1 Å². The van der Waals surface area contributed by atoms with E-state index in [2.05, 4.69) is 10.0 Å². The maximum Gasteiger partial charge on any atom is 0.265 e. The summed E-state index contributed by atoms with van der Waals surface area (Å²) in [6.45, 7) is 1.62. The van der Waals surface area contributed by atoms with Crippen molar-refractivity contribution in [2.75, 3.05) is 5.32 Å². The number of carbonyl (C=O) groups is 1. The Morgan fingerprint density at radius 1 is 1.29 bits per heavy atom. The van der Waals surface area contributed by atoms with Gasteiger partial charge in [0.15, 0.2) is 6.10 Å². The molecule has 0 bridgehead atoms. The van der Waals surface area contributed by atoms with Gasteiger partial charge in [-0.3, -0.25) is 4.79 Å². The summed E-state index contributed by atoms with van der Waals surface area (Å²) in [5, 5.41) is 2.68. The lowest BCUT2D eigenvalue weighted by Gasteiger charge is -2.23. The predicted molar refractivity (Wildman–Crippen MR) is 77.7 cm³/mol. The highest BCUT2D eigenvalue weighted by Crippen LogP contribution is 2.32. The van der Waals surface area contributed by atoms with E-state index in [0.717, 1.165) is 25.7 Å². The van der Waals surface area contributed by atoms with E-state index in [9.17, 15) is 13.2 Å². The fourth-order valence-corrected chi connectivity index (χ4v) is 4.00. The zero-order valence-corrected chi connectivity index (χ0v) is 12.6. The molecule has 1 aliphatic carbocycles. The molecule has 7 heteroatoms. The molecule has 1 saturated carbocycles. The summed E-state index contributed by atoms with van der Waals surface area (Å²) in [6.07, 6.45) is 3.26. The van der Waals surface area contributed by atoms with E-state index < -0.39 is 16.1 Å². The van der Waals surface area contributed by atoms with Crippen molar-refractivity contribution in [1.29, 1.82) is 0 Å². The summed E-state index contributed by atoms with van der Waals surface area (Å²) in [4.78, 5) is 11.7. The molecule has 0 saturated heterocycles. The predicted octanol–water partition coefficient (Wildman–Crippen LogP) is 1.63. The van der Waals surface area contributed by atoms with E-state index in [1.54, 1.807) is 13.0 Å². The van der Waals surface area contributed by atoms with Crippen LogP contribution in [0.3, 0.4) is 0 Å². The minimum atomic E-state index is -3.55. The summed E-state index contributed by atoms with van der Waals surface area (Å²) in [6, 6.07) is 4.52. The Bertz CT molecular complexity index is 666. The number of hydrogen-bond acceptors (Lipinski definition) is 4. The van der Waals surface area contributed by atoms with Crippen molar-refractivity contribution >= 4 is 21.6 Å². The number of fused-ring (bicyclic) bond motifs is 1. The van der Waals surface area contributed by atoms with Crippen LogP contribution in [0.25, 0.3) is 0 Å². The fourth-order valence-electron chi connectivity index (χ4n) is 2.68. The molecule has 1 aromatic carbocycles. The first-order chi connectivity index (χ1) is 9.95. The number of rotatable bonds is 3. The minimum absolute atomic E-state index is 0.0191. The quantitative estimate of drug-likeness (QED) is 0.888. The highest BCUT2D eigenvalue weighted by molar-refractivity contribution is 7.89. The smallest absolute Gasteiger partial charge is 0.265 e. The summed E-state index contributed by atoms with van der Waals surface area (Å²) < 4.78 is 32.9. The van der Waals surface area contributed by atoms with Crippen molar-refractivity contribution in [2.45, 2.75) is 49.6 Å². The summed E-state index contributed by atoms with van der Waals surface area (Å²) in [5.41, 5.74) is 0.498. The van der Waals surface area contributed by atoms with Crippen LogP contribution in [0.5, 0.6) is 5.75 Å². The third-order valence-corrected chi connectivity index (χ3v) is 5.39. The molecule has 0 unspecified atom stereocenters. The van der Waals surface area contributed by atoms with E-state index in [-0.39, 0.29) is 16.8 Å². The van der Waals surface area contributed by atoms with Crippen LogP contribution in [0.2, 0.25) is 0 Å². The molecule has 1 amide bonds. The van der Waals surface area contributed by atoms with Crippen LogP contribution in [-0.2, 0) is 14.8 Å². The molecule has 1 aliphatic heterocycles. The van der Waals surface area contributed by atoms with Gasteiger partial charge in [-0.15, -0.1) is 0 Å². The Labute approximate surface area is 123 Å². The van der Waals surface area contributed by atoms with E-state index in [1.165, 1.54) is 12.1 Å². The van der Waals surface area contributed by atoms with Gasteiger partial charge in [-0.2, -0.15) is 0 Å². The first kappa shape index (κ1) is 14.3. The van der Waals surface area contributed by atoms with Crippen molar-refractivity contribution in [1.82, 2.24) is 4.72 Å².